The number of nitrogens with zero attached hydrogens (tertiary/aromatic N) is 3. The molecule has 8 nitrogen and oxygen atoms in total. The van der Waals surface area contributed by atoms with Crippen molar-refractivity contribution >= 4 is 39.9 Å². The van der Waals surface area contributed by atoms with Gasteiger partial charge in [0.2, 0.25) is 11.8 Å². The Morgan fingerprint density at radius 3 is 2.47 bits per heavy atom. The minimum absolute atomic E-state index is 0.0274. The van der Waals surface area contributed by atoms with Gasteiger partial charge in [0.1, 0.15) is 4.88 Å². The topological polar surface area (TPSA) is 91.8 Å². The van der Waals surface area contributed by atoms with Crippen molar-refractivity contribution in [3.8, 4) is 0 Å². The van der Waals surface area contributed by atoms with Crippen LogP contribution in [0.1, 0.15) is 35.1 Å². The van der Waals surface area contributed by atoms with Crippen molar-refractivity contribution < 1.29 is 19.1 Å². The Hall–Kier alpha value is -2.94. The number of carbonyl (C=O) groups is 3. The highest BCUT2D eigenvalue weighted by molar-refractivity contribution is 7.17. The lowest BCUT2D eigenvalue weighted by atomic mass is 10.2. The van der Waals surface area contributed by atoms with Crippen molar-refractivity contribution in [2.24, 2.45) is 0 Å². The van der Waals surface area contributed by atoms with E-state index in [1.54, 1.807) is 18.7 Å². The third kappa shape index (κ3) is 5.56. The molecule has 30 heavy (non-hydrogen) atoms. The fourth-order valence-corrected chi connectivity index (χ4v) is 4.13. The van der Waals surface area contributed by atoms with Crippen molar-refractivity contribution in [2.75, 3.05) is 43.0 Å². The quantitative estimate of drug-likeness (QED) is 0.679. The number of hydrogen-bond acceptors (Lipinski definition) is 7. The van der Waals surface area contributed by atoms with E-state index >= 15 is 0 Å². The second kappa shape index (κ2) is 10.2. The van der Waals surface area contributed by atoms with Crippen molar-refractivity contribution in [2.45, 2.75) is 26.7 Å². The number of amides is 2. The number of thiazole rings is 1. The van der Waals surface area contributed by atoms with Crippen LogP contribution in [0.25, 0.3) is 0 Å². The van der Waals surface area contributed by atoms with Crippen LogP contribution in [0.5, 0.6) is 0 Å². The number of esters is 1. The first kappa shape index (κ1) is 21.8. The summed E-state index contributed by atoms with van der Waals surface area (Å²) in [7, 11) is 0. The number of piperazine rings is 1. The number of rotatable bonds is 7. The first-order chi connectivity index (χ1) is 14.5. The molecule has 1 aliphatic rings. The van der Waals surface area contributed by atoms with Gasteiger partial charge in [-0.3, -0.25) is 9.59 Å². The van der Waals surface area contributed by atoms with Crippen LogP contribution in [0.2, 0.25) is 0 Å². The maximum Gasteiger partial charge on any atom is 0.350 e. The zero-order valence-corrected chi connectivity index (χ0v) is 18.0. The number of carbonyl (C=O) groups excluding carboxylic acids is 3. The van der Waals surface area contributed by atoms with Crippen LogP contribution in [0.4, 0.5) is 10.8 Å². The van der Waals surface area contributed by atoms with E-state index in [-0.39, 0.29) is 31.3 Å². The normalized spacial score (nSPS) is 13.8. The number of aryl methyl sites for hydroxylation is 1. The van der Waals surface area contributed by atoms with E-state index in [9.17, 15) is 14.4 Å². The number of benzene rings is 1. The smallest absolute Gasteiger partial charge is 0.350 e. The SMILES string of the molecule is CCOC(=O)c1sc(NC(=O)CCC(=O)N2CCN(c3ccccc3)CC2)nc1C. The van der Waals surface area contributed by atoms with Crippen LogP contribution in [0, 0.1) is 6.92 Å². The maximum absolute atomic E-state index is 12.5. The van der Waals surface area contributed by atoms with Gasteiger partial charge in [-0.1, -0.05) is 29.5 Å². The molecule has 3 rings (SSSR count). The van der Waals surface area contributed by atoms with Gasteiger partial charge in [-0.2, -0.15) is 0 Å². The Bertz CT molecular complexity index is 892. The second-order valence-corrected chi connectivity index (χ2v) is 7.90. The monoisotopic (exact) mass is 430 g/mol. The van der Waals surface area contributed by atoms with E-state index in [2.05, 4.69) is 27.3 Å². The highest BCUT2D eigenvalue weighted by atomic mass is 32.1. The standard InChI is InChI=1S/C21H26N4O4S/c1-3-29-20(28)19-15(2)22-21(30-19)23-17(26)9-10-18(27)25-13-11-24(12-14-25)16-7-5-4-6-8-16/h4-8H,3,9-14H2,1-2H3,(H,22,23,26). The average molecular weight is 431 g/mol. The van der Waals surface area contributed by atoms with E-state index in [1.165, 1.54) is 0 Å². The van der Waals surface area contributed by atoms with E-state index in [4.69, 9.17) is 4.74 Å². The fraction of sp³-hybridized carbons (Fsp3) is 0.429. The van der Waals surface area contributed by atoms with E-state index in [0.717, 1.165) is 30.1 Å². The molecule has 2 amide bonds. The summed E-state index contributed by atoms with van der Waals surface area (Å²) in [6, 6.07) is 10.1. The summed E-state index contributed by atoms with van der Waals surface area (Å²) >= 11 is 1.08. The van der Waals surface area contributed by atoms with E-state index in [0.29, 0.717) is 28.8 Å². The molecule has 9 heteroatoms. The zero-order valence-electron chi connectivity index (χ0n) is 17.2. The number of anilines is 2. The first-order valence-corrected chi connectivity index (χ1v) is 10.8. The summed E-state index contributed by atoms with van der Waals surface area (Å²) in [6.07, 6.45) is 0.220. The molecule has 0 bridgehead atoms. The number of aromatic nitrogens is 1. The number of para-hydroxylation sites is 1. The second-order valence-electron chi connectivity index (χ2n) is 6.91. The molecule has 1 aromatic heterocycles. The molecule has 0 spiro atoms. The minimum atomic E-state index is -0.446. The van der Waals surface area contributed by atoms with Crippen molar-refractivity contribution in [1.29, 1.82) is 0 Å². The molecule has 2 aromatic rings. The molecular weight excluding hydrogens is 404 g/mol. The molecule has 2 heterocycles. The number of hydrogen-bond donors (Lipinski definition) is 1. The van der Waals surface area contributed by atoms with Gasteiger partial charge in [0, 0.05) is 44.7 Å². The van der Waals surface area contributed by atoms with E-state index in [1.807, 2.05) is 18.2 Å². The molecule has 1 fully saturated rings. The van der Waals surface area contributed by atoms with Gasteiger partial charge in [-0.05, 0) is 26.0 Å². The van der Waals surface area contributed by atoms with Gasteiger partial charge in [-0.15, -0.1) is 0 Å². The molecule has 0 unspecified atom stereocenters. The van der Waals surface area contributed by atoms with Crippen LogP contribution >= 0.6 is 11.3 Å². The number of ether oxygens (including phenoxy) is 1. The minimum Gasteiger partial charge on any atom is -0.462 e. The Kier molecular flexibility index (Phi) is 7.40. The highest BCUT2D eigenvalue weighted by Crippen LogP contribution is 2.23. The summed E-state index contributed by atoms with van der Waals surface area (Å²) in [4.78, 5) is 45.2. The van der Waals surface area contributed by atoms with Crippen LogP contribution in [-0.4, -0.2) is 60.5 Å². The van der Waals surface area contributed by atoms with Gasteiger partial charge in [0.05, 0.1) is 12.3 Å². The average Bonchev–Trinajstić information content (AvgIpc) is 3.13. The summed E-state index contributed by atoms with van der Waals surface area (Å²) in [5.74, 6) is -0.770. The van der Waals surface area contributed by atoms with Gasteiger partial charge in [0.15, 0.2) is 5.13 Å². The van der Waals surface area contributed by atoms with Crippen LogP contribution in [0.15, 0.2) is 30.3 Å². The molecule has 0 saturated carbocycles. The highest BCUT2D eigenvalue weighted by Gasteiger charge is 2.22. The summed E-state index contributed by atoms with van der Waals surface area (Å²) in [5, 5.41) is 3.01. The number of nitrogens with one attached hydrogen (secondary N) is 1. The van der Waals surface area contributed by atoms with Crippen molar-refractivity contribution in [1.82, 2.24) is 9.88 Å². The van der Waals surface area contributed by atoms with Gasteiger partial charge >= 0.3 is 5.97 Å². The molecular formula is C21H26N4O4S. The lowest BCUT2D eigenvalue weighted by Gasteiger charge is -2.36. The predicted molar refractivity (Wildman–Crippen MR) is 116 cm³/mol. The predicted octanol–water partition coefficient (Wildman–Crippen LogP) is 2.70. The Morgan fingerprint density at radius 2 is 1.80 bits per heavy atom. The summed E-state index contributed by atoms with van der Waals surface area (Å²) in [6.45, 7) is 6.54. The molecule has 160 valence electrons. The molecule has 1 saturated heterocycles. The van der Waals surface area contributed by atoms with Crippen molar-refractivity contribution in [3.63, 3.8) is 0 Å². The Labute approximate surface area is 179 Å². The fourth-order valence-electron chi connectivity index (χ4n) is 3.25. The van der Waals surface area contributed by atoms with Crippen LogP contribution in [0.3, 0.4) is 0 Å². The molecule has 1 aromatic carbocycles. The Morgan fingerprint density at radius 1 is 1.10 bits per heavy atom. The van der Waals surface area contributed by atoms with Gasteiger partial charge < -0.3 is 19.9 Å². The molecule has 1 aliphatic heterocycles. The zero-order chi connectivity index (χ0) is 21.5. The molecule has 1 N–H and O–H groups in total. The third-order valence-electron chi connectivity index (χ3n) is 4.82. The molecule has 0 atom stereocenters. The van der Waals surface area contributed by atoms with Gasteiger partial charge in [0.25, 0.3) is 0 Å². The van der Waals surface area contributed by atoms with Crippen molar-refractivity contribution in [3.05, 3.63) is 40.9 Å². The molecule has 0 radical (unpaired) electrons. The maximum atomic E-state index is 12.5. The van der Waals surface area contributed by atoms with Crippen LogP contribution < -0.4 is 10.2 Å². The largest absolute Gasteiger partial charge is 0.462 e. The lowest BCUT2D eigenvalue weighted by Crippen LogP contribution is -2.48. The summed E-state index contributed by atoms with van der Waals surface area (Å²) < 4.78 is 4.97. The third-order valence-corrected chi connectivity index (χ3v) is 5.88. The lowest BCUT2D eigenvalue weighted by molar-refractivity contribution is -0.133. The summed E-state index contributed by atoms with van der Waals surface area (Å²) in [5.41, 5.74) is 1.67. The molecule has 0 aliphatic carbocycles. The Balaban J connectivity index is 1.43. The van der Waals surface area contributed by atoms with Crippen LogP contribution in [-0.2, 0) is 14.3 Å². The van der Waals surface area contributed by atoms with Gasteiger partial charge in [-0.25, -0.2) is 9.78 Å². The van der Waals surface area contributed by atoms with E-state index < -0.39 is 5.97 Å². The first-order valence-electron chi connectivity index (χ1n) is 10.00.